The quantitative estimate of drug-likeness (QED) is 0.115. The van der Waals surface area contributed by atoms with E-state index in [0.29, 0.717) is 29.4 Å². The number of amides is 1. The molecule has 0 heterocycles. The predicted molar refractivity (Wildman–Crippen MR) is 144 cm³/mol. The molecular formula is C29H23BrN2O5. The zero-order chi connectivity index (χ0) is 25.9. The van der Waals surface area contributed by atoms with E-state index in [9.17, 15) is 9.59 Å². The number of nitrogens with zero attached hydrogens (tertiary/aromatic N) is 1. The monoisotopic (exact) mass is 558 g/mol. The minimum atomic E-state index is -0.454. The first-order valence-corrected chi connectivity index (χ1v) is 12.1. The van der Waals surface area contributed by atoms with Crippen molar-refractivity contribution < 1.29 is 23.8 Å². The van der Waals surface area contributed by atoms with Crippen LogP contribution in [0.4, 0.5) is 0 Å². The van der Waals surface area contributed by atoms with Crippen LogP contribution in [0.5, 0.6) is 17.2 Å². The van der Waals surface area contributed by atoms with Crippen LogP contribution < -0.4 is 19.6 Å². The van der Waals surface area contributed by atoms with Gasteiger partial charge in [0.1, 0.15) is 23.9 Å². The number of carbonyl (C=O) groups excluding carboxylic acids is 2. The number of hydrazone groups is 1. The predicted octanol–water partition coefficient (Wildman–Crippen LogP) is 5.78. The third-order valence-corrected chi connectivity index (χ3v) is 5.49. The second-order valence-corrected chi connectivity index (χ2v) is 8.71. The SMILES string of the molecule is O=C(COc1ccc(OCc2ccccc2)cc1)N/N=C\c1ccc(OC(=O)c2cccc(Br)c2)cc1. The van der Waals surface area contributed by atoms with Gasteiger partial charge in [-0.2, -0.15) is 5.10 Å². The van der Waals surface area contributed by atoms with E-state index < -0.39 is 11.9 Å². The van der Waals surface area contributed by atoms with E-state index in [0.717, 1.165) is 15.6 Å². The van der Waals surface area contributed by atoms with Gasteiger partial charge in [-0.3, -0.25) is 4.79 Å². The van der Waals surface area contributed by atoms with Gasteiger partial charge in [0, 0.05) is 4.47 Å². The number of rotatable bonds is 10. The molecule has 0 radical (unpaired) electrons. The van der Waals surface area contributed by atoms with Crippen molar-refractivity contribution in [2.24, 2.45) is 5.10 Å². The summed E-state index contributed by atoms with van der Waals surface area (Å²) in [5.74, 6) is 0.791. The molecule has 0 spiro atoms. The van der Waals surface area contributed by atoms with Gasteiger partial charge in [0.25, 0.3) is 5.91 Å². The summed E-state index contributed by atoms with van der Waals surface area (Å²) in [7, 11) is 0. The summed E-state index contributed by atoms with van der Waals surface area (Å²) < 4.78 is 17.4. The highest BCUT2D eigenvalue weighted by Crippen LogP contribution is 2.19. The van der Waals surface area contributed by atoms with Gasteiger partial charge in [-0.25, -0.2) is 10.2 Å². The zero-order valence-corrected chi connectivity index (χ0v) is 21.3. The molecular weight excluding hydrogens is 536 g/mol. The fourth-order valence-electron chi connectivity index (χ4n) is 3.14. The lowest BCUT2D eigenvalue weighted by atomic mass is 10.2. The van der Waals surface area contributed by atoms with E-state index in [4.69, 9.17) is 14.2 Å². The van der Waals surface area contributed by atoms with Crippen LogP contribution in [0.1, 0.15) is 21.5 Å². The Morgan fingerprint density at radius 1 is 0.784 bits per heavy atom. The largest absolute Gasteiger partial charge is 0.489 e. The molecule has 0 saturated carbocycles. The number of hydrogen-bond donors (Lipinski definition) is 1. The summed E-state index contributed by atoms with van der Waals surface area (Å²) in [5.41, 5.74) is 4.65. The average Bonchev–Trinajstić information content (AvgIpc) is 2.93. The summed E-state index contributed by atoms with van der Waals surface area (Å²) in [5, 5.41) is 3.93. The molecule has 0 aliphatic carbocycles. The Bertz CT molecular complexity index is 1360. The summed E-state index contributed by atoms with van der Waals surface area (Å²) in [6.07, 6.45) is 1.48. The Morgan fingerprint density at radius 2 is 1.46 bits per heavy atom. The first-order chi connectivity index (χ1) is 18.0. The van der Waals surface area contributed by atoms with Crippen molar-refractivity contribution in [1.29, 1.82) is 0 Å². The molecule has 0 atom stereocenters. The molecule has 1 amide bonds. The third-order valence-electron chi connectivity index (χ3n) is 5.00. The number of ether oxygens (including phenoxy) is 3. The van der Waals surface area contributed by atoms with Crippen LogP contribution in [0, 0.1) is 0 Å². The standard InChI is InChI=1S/C29H23BrN2O5/c30-24-8-4-7-23(17-24)29(34)37-27-11-9-21(10-12-27)18-31-32-28(33)20-36-26-15-13-25(14-16-26)35-19-22-5-2-1-3-6-22/h1-18H,19-20H2,(H,32,33)/b31-18-. The van der Waals surface area contributed by atoms with E-state index in [1.807, 2.05) is 36.4 Å². The van der Waals surface area contributed by atoms with Crippen molar-refractivity contribution >= 4 is 34.0 Å². The van der Waals surface area contributed by atoms with Crippen LogP contribution in [-0.4, -0.2) is 24.7 Å². The minimum Gasteiger partial charge on any atom is -0.489 e. The number of benzene rings is 4. The Kier molecular flexibility index (Phi) is 9.04. The topological polar surface area (TPSA) is 86.2 Å². The van der Waals surface area contributed by atoms with Gasteiger partial charge in [-0.05, 0) is 77.9 Å². The Labute approximate surface area is 222 Å². The average molecular weight is 559 g/mol. The minimum absolute atomic E-state index is 0.188. The number of carbonyl (C=O) groups is 2. The summed E-state index contributed by atoms with van der Waals surface area (Å²) in [6, 6.07) is 30.6. The maximum absolute atomic E-state index is 12.2. The number of nitrogens with one attached hydrogen (secondary N) is 1. The van der Waals surface area contributed by atoms with E-state index in [2.05, 4.69) is 26.5 Å². The molecule has 0 aliphatic rings. The van der Waals surface area contributed by atoms with Crippen molar-refractivity contribution in [3.8, 4) is 17.2 Å². The van der Waals surface area contributed by atoms with Crippen LogP contribution in [0.3, 0.4) is 0 Å². The van der Waals surface area contributed by atoms with Crippen molar-refractivity contribution in [1.82, 2.24) is 5.43 Å². The molecule has 4 rings (SSSR count). The molecule has 186 valence electrons. The molecule has 8 heteroatoms. The van der Waals surface area contributed by atoms with Gasteiger partial charge in [-0.1, -0.05) is 52.3 Å². The summed E-state index contributed by atoms with van der Waals surface area (Å²) >= 11 is 3.33. The fraction of sp³-hybridized carbons (Fsp3) is 0.0690. The second-order valence-electron chi connectivity index (χ2n) is 7.80. The zero-order valence-electron chi connectivity index (χ0n) is 19.7. The van der Waals surface area contributed by atoms with Crippen LogP contribution in [0.2, 0.25) is 0 Å². The molecule has 0 bridgehead atoms. The highest BCUT2D eigenvalue weighted by Gasteiger charge is 2.09. The molecule has 7 nitrogen and oxygen atoms in total. The lowest BCUT2D eigenvalue weighted by Crippen LogP contribution is -2.24. The second kappa shape index (κ2) is 13.0. The normalized spacial score (nSPS) is 10.6. The molecule has 0 aliphatic heterocycles. The molecule has 37 heavy (non-hydrogen) atoms. The Morgan fingerprint density at radius 3 is 2.16 bits per heavy atom. The Hall–Kier alpha value is -4.43. The number of esters is 1. The molecule has 0 fully saturated rings. The lowest BCUT2D eigenvalue weighted by molar-refractivity contribution is -0.123. The van der Waals surface area contributed by atoms with E-state index in [-0.39, 0.29) is 6.61 Å². The molecule has 0 saturated heterocycles. The van der Waals surface area contributed by atoms with Crippen molar-refractivity contribution in [2.75, 3.05) is 6.61 Å². The van der Waals surface area contributed by atoms with Gasteiger partial charge >= 0.3 is 5.97 Å². The lowest BCUT2D eigenvalue weighted by Gasteiger charge is -2.08. The molecule has 0 aromatic heterocycles. The van der Waals surface area contributed by atoms with Crippen LogP contribution in [0.15, 0.2) is 113 Å². The highest BCUT2D eigenvalue weighted by molar-refractivity contribution is 9.10. The molecule has 0 unspecified atom stereocenters. The third kappa shape index (κ3) is 8.33. The van der Waals surface area contributed by atoms with Gasteiger partial charge in [-0.15, -0.1) is 0 Å². The maximum atomic E-state index is 12.2. The Balaban J connectivity index is 1.18. The van der Waals surface area contributed by atoms with Gasteiger partial charge in [0.2, 0.25) is 0 Å². The van der Waals surface area contributed by atoms with E-state index >= 15 is 0 Å². The number of halogens is 1. The molecule has 1 N–H and O–H groups in total. The summed E-state index contributed by atoms with van der Waals surface area (Å²) in [6.45, 7) is 0.285. The van der Waals surface area contributed by atoms with Crippen LogP contribution in [0.25, 0.3) is 0 Å². The van der Waals surface area contributed by atoms with Crippen LogP contribution >= 0.6 is 15.9 Å². The van der Waals surface area contributed by atoms with Crippen LogP contribution in [-0.2, 0) is 11.4 Å². The number of hydrogen-bond acceptors (Lipinski definition) is 6. The van der Waals surface area contributed by atoms with E-state index in [1.165, 1.54) is 6.21 Å². The maximum Gasteiger partial charge on any atom is 0.343 e. The van der Waals surface area contributed by atoms with Gasteiger partial charge in [0.15, 0.2) is 6.61 Å². The van der Waals surface area contributed by atoms with Crippen molar-refractivity contribution in [3.63, 3.8) is 0 Å². The van der Waals surface area contributed by atoms with Gasteiger partial charge in [0.05, 0.1) is 11.8 Å². The smallest absolute Gasteiger partial charge is 0.343 e. The first-order valence-electron chi connectivity index (χ1n) is 11.3. The van der Waals surface area contributed by atoms with E-state index in [1.54, 1.807) is 66.7 Å². The van der Waals surface area contributed by atoms with Crippen molar-refractivity contribution in [3.05, 3.63) is 124 Å². The highest BCUT2D eigenvalue weighted by atomic mass is 79.9. The van der Waals surface area contributed by atoms with Gasteiger partial charge < -0.3 is 14.2 Å². The molecule has 4 aromatic rings. The van der Waals surface area contributed by atoms with Crippen molar-refractivity contribution in [2.45, 2.75) is 6.61 Å². The fourth-order valence-corrected chi connectivity index (χ4v) is 3.54. The first kappa shape index (κ1) is 25.7. The summed E-state index contributed by atoms with van der Waals surface area (Å²) in [4.78, 5) is 24.3. The molecule has 4 aromatic carbocycles.